The minimum Gasteiger partial charge on any atom is -0.335 e. The number of benzene rings is 1. The van der Waals surface area contributed by atoms with E-state index < -0.39 is 5.41 Å². The Morgan fingerprint density at radius 2 is 1.55 bits per heavy atom. The third-order valence-electron chi connectivity index (χ3n) is 5.86. The van der Waals surface area contributed by atoms with Crippen molar-refractivity contribution in [2.45, 2.75) is 25.8 Å². The summed E-state index contributed by atoms with van der Waals surface area (Å²) in [5, 5.41) is 0. The van der Waals surface area contributed by atoms with Crippen LogP contribution in [0.1, 0.15) is 25.3 Å². The number of rotatable bonds is 5. The SMILES string of the molecule is CC(N(c1cccnc1)c1cccnc1)C1(C)C=C(F)C=CC1c1ccccc1. The maximum atomic E-state index is 14.5. The minimum atomic E-state index is -0.494. The van der Waals surface area contributed by atoms with Gasteiger partial charge in [-0.1, -0.05) is 43.3 Å². The van der Waals surface area contributed by atoms with Crippen LogP contribution in [0.25, 0.3) is 0 Å². The Bertz CT molecular complexity index is 963. The molecule has 0 spiro atoms. The summed E-state index contributed by atoms with van der Waals surface area (Å²) in [6, 6.07) is 18.1. The smallest absolute Gasteiger partial charge is 0.119 e. The number of halogens is 1. The fourth-order valence-electron chi connectivity index (χ4n) is 4.21. The maximum absolute atomic E-state index is 14.5. The zero-order valence-corrected chi connectivity index (χ0v) is 16.6. The summed E-state index contributed by atoms with van der Waals surface area (Å²) in [6.07, 6.45) is 12.5. The molecule has 0 saturated carbocycles. The molecule has 3 nitrogen and oxygen atoms in total. The van der Waals surface area contributed by atoms with Gasteiger partial charge in [0.05, 0.1) is 23.8 Å². The van der Waals surface area contributed by atoms with Crippen molar-refractivity contribution in [2.75, 3.05) is 4.90 Å². The van der Waals surface area contributed by atoms with Crippen molar-refractivity contribution in [3.05, 3.63) is 109 Å². The normalized spacial score (nSPS) is 22.0. The molecule has 29 heavy (non-hydrogen) atoms. The maximum Gasteiger partial charge on any atom is 0.119 e. The second kappa shape index (κ2) is 8.00. The average molecular weight is 385 g/mol. The number of aromatic nitrogens is 2. The molecule has 0 fully saturated rings. The van der Waals surface area contributed by atoms with Gasteiger partial charge in [-0.05, 0) is 48.9 Å². The molecule has 1 aliphatic carbocycles. The van der Waals surface area contributed by atoms with Crippen molar-refractivity contribution in [2.24, 2.45) is 5.41 Å². The summed E-state index contributed by atoms with van der Waals surface area (Å²) >= 11 is 0. The molecule has 1 aliphatic rings. The van der Waals surface area contributed by atoms with Gasteiger partial charge in [-0.15, -0.1) is 0 Å². The molecule has 3 atom stereocenters. The summed E-state index contributed by atoms with van der Waals surface area (Å²) < 4.78 is 14.5. The standard InChI is InChI=1S/C25H24FN3/c1-19(29(22-10-6-14-27-17-22)23-11-7-15-28-18-23)25(2)16-21(26)12-13-24(25)20-8-4-3-5-9-20/h3-19,24H,1-2H3. The third kappa shape index (κ3) is 3.70. The fourth-order valence-corrected chi connectivity index (χ4v) is 4.21. The van der Waals surface area contributed by atoms with E-state index in [9.17, 15) is 4.39 Å². The van der Waals surface area contributed by atoms with Gasteiger partial charge in [0.1, 0.15) is 5.83 Å². The molecule has 2 heterocycles. The fraction of sp³-hybridized carbons (Fsp3) is 0.200. The molecule has 146 valence electrons. The van der Waals surface area contributed by atoms with Crippen molar-refractivity contribution in [3.8, 4) is 0 Å². The molecule has 4 heteroatoms. The van der Waals surface area contributed by atoms with Crippen LogP contribution in [0.2, 0.25) is 0 Å². The topological polar surface area (TPSA) is 29.0 Å². The molecule has 1 aromatic carbocycles. The van der Waals surface area contributed by atoms with Crippen LogP contribution in [0.15, 0.2) is 103 Å². The van der Waals surface area contributed by atoms with E-state index in [1.807, 2.05) is 60.9 Å². The molecule has 0 amide bonds. The molecule has 0 radical (unpaired) electrons. The molecule has 3 unspecified atom stereocenters. The number of hydrogen-bond acceptors (Lipinski definition) is 3. The van der Waals surface area contributed by atoms with Crippen molar-refractivity contribution in [1.82, 2.24) is 9.97 Å². The first-order valence-corrected chi connectivity index (χ1v) is 9.80. The van der Waals surface area contributed by atoms with E-state index in [0.29, 0.717) is 0 Å². The predicted molar refractivity (Wildman–Crippen MR) is 116 cm³/mol. The second-order valence-corrected chi connectivity index (χ2v) is 7.61. The highest BCUT2D eigenvalue weighted by atomic mass is 19.1. The monoisotopic (exact) mass is 385 g/mol. The largest absolute Gasteiger partial charge is 0.335 e. The summed E-state index contributed by atoms with van der Waals surface area (Å²) in [7, 11) is 0. The Labute approximate surface area is 171 Å². The van der Waals surface area contributed by atoms with Crippen molar-refractivity contribution in [1.29, 1.82) is 0 Å². The molecule has 4 rings (SSSR count). The number of anilines is 2. The molecule has 3 aromatic rings. The van der Waals surface area contributed by atoms with Crippen molar-refractivity contribution in [3.63, 3.8) is 0 Å². The molecule has 0 saturated heterocycles. The molecule has 0 aliphatic heterocycles. The Morgan fingerprint density at radius 3 is 2.10 bits per heavy atom. The quantitative estimate of drug-likeness (QED) is 0.522. The van der Waals surface area contributed by atoms with Crippen LogP contribution in [-0.2, 0) is 0 Å². The molecule has 0 N–H and O–H groups in total. The highest BCUT2D eigenvalue weighted by molar-refractivity contribution is 5.63. The molecular formula is C25H24FN3. The predicted octanol–water partition coefficient (Wildman–Crippen LogP) is 6.22. The van der Waals surface area contributed by atoms with E-state index in [1.54, 1.807) is 24.5 Å². The first-order chi connectivity index (χ1) is 14.1. The van der Waals surface area contributed by atoms with Crippen LogP contribution in [0.5, 0.6) is 0 Å². The Kier molecular flexibility index (Phi) is 5.26. The number of allylic oxidation sites excluding steroid dienone is 3. The summed E-state index contributed by atoms with van der Waals surface area (Å²) in [5.74, 6) is -0.169. The van der Waals surface area contributed by atoms with Gasteiger partial charge in [0.2, 0.25) is 0 Å². The van der Waals surface area contributed by atoms with E-state index in [0.717, 1.165) is 11.4 Å². The third-order valence-corrected chi connectivity index (χ3v) is 5.86. The minimum absolute atomic E-state index is 0.0362. The van der Waals surface area contributed by atoms with E-state index in [4.69, 9.17) is 0 Å². The summed E-state index contributed by atoms with van der Waals surface area (Å²) in [6.45, 7) is 4.26. The van der Waals surface area contributed by atoms with Gasteiger partial charge in [0.25, 0.3) is 0 Å². The van der Waals surface area contributed by atoms with Gasteiger partial charge in [-0.3, -0.25) is 9.97 Å². The highest BCUT2D eigenvalue weighted by Gasteiger charge is 2.42. The van der Waals surface area contributed by atoms with Crippen LogP contribution < -0.4 is 4.90 Å². The lowest BCUT2D eigenvalue weighted by atomic mass is 9.66. The Morgan fingerprint density at radius 1 is 0.931 bits per heavy atom. The lowest BCUT2D eigenvalue weighted by Crippen LogP contribution is -2.45. The van der Waals surface area contributed by atoms with Crippen LogP contribution in [-0.4, -0.2) is 16.0 Å². The summed E-state index contributed by atoms with van der Waals surface area (Å²) in [4.78, 5) is 10.8. The lowest BCUT2D eigenvalue weighted by Gasteiger charge is -2.46. The zero-order chi connectivity index (χ0) is 20.3. The Balaban J connectivity index is 1.83. The van der Waals surface area contributed by atoms with Gasteiger partial charge < -0.3 is 4.90 Å². The summed E-state index contributed by atoms with van der Waals surface area (Å²) in [5.41, 5.74) is 2.57. The molecule has 0 bridgehead atoms. The van der Waals surface area contributed by atoms with E-state index in [1.165, 1.54) is 5.56 Å². The van der Waals surface area contributed by atoms with Gasteiger partial charge >= 0.3 is 0 Å². The van der Waals surface area contributed by atoms with Crippen LogP contribution in [0.3, 0.4) is 0 Å². The number of hydrogen-bond donors (Lipinski definition) is 0. The van der Waals surface area contributed by atoms with E-state index in [-0.39, 0.29) is 17.8 Å². The van der Waals surface area contributed by atoms with Crippen LogP contribution in [0, 0.1) is 5.41 Å². The average Bonchev–Trinajstić information content (AvgIpc) is 2.76. The lowest BCUT2D eigenvalue weighted by molar-refractivity contribution is 0.303. The molecule has 2 aromatic heterocycles. The van der Waals surface area contributed by atoms with Gasteiger partial charge in [0, 0.05) is 29.8 Å². The van der Waals surface area contributed by atoms with E-state index in [2.05, 4.69) is 40.8 Å². The Hall–Kier alpha value is -3.27. The van der Waals surface area contributed by atoms with Crippen LogP contribution >= 0.6 is 0 Å². The zero-order valence-electron chi connectivity index (χ0n) is 16.6. The van der Waals surface area contributed by atoms with Gasteiger partial charge in [0.15, 0.2) is 0 Å². The van der Waals surface area contributed by atoms with Crippen molar-refractivity contribution >= 4 is 11.4 Å². The molecular weight excluding hydrogens is 361 g/mol. The first-order valence-electron chi connectivity index (χ1n) is 9.80. The van der Waals surface area contributed by atoms with Crippen LogP contribution in [0.4, 0.5) is 15.8 Å². The number of pyridine rings is 2. The highest BCUT2D eigenvalue weighted by Crippen LogP contribution is 2.48. The van der Waals surface area contributed by atoms with Crippen molar-refractivity contribution < 1.29 is 4.39 Å². The first kappa shape index (κ1) is 19.1. The van der Waals surface area contributed by atoms with E-state index >= 15 is 0 Å². The van der Waals surface area contributed by atoms with Gasteiger partial charge in [-0.2, -0.15) is 0 Å². The number of nitrogens with zero attached hydrogens (tertiary/aromatic N) is 3. The second-order valence-electron chi connectivity index (χ2n) is 7.61. The van der Waals surface area contributed by atoms with Gasteiger partial charge in [-0.25, -0.2) is 4.39 Å².